The van der Waals surface area contributed by atoms with Crippen molar-refractivity contribution < 1.29 is 17.9 Å². The number of nitrogens with zero attached hydrogens (tertiary/aromatic N) is 2. The fourth-order valence-electron chi connectivity index (χ4n) is 3.41. The fraction of sp³-hybridized carbons (Fsp3) is 0.238. The molecule has 2 heterocycles. The van der Waals surface area contributed by atoms with Gasteiger partial charge in [-0.15, -0.1) is 0 Å². The van der Waals surface area contributed by atoms with Crippen LogP contribution in [0.2, 0.25) is 5.02 Å². The number of carbonyl (C=O) groups excluding carboxylic acids is 1. The predicted octanol–water partition coefficient (Wildman–Crippen LogP) is 3.53. The SMILES string of the molecule is COc1ccc(CCC(=O)Nc2c3c(nn2-c2cccc(Cl)c2)CS(=O)(=O)C3)cc1. The lowest BCUT2D eigenvalue weighted by Crippen LogP contribution is -2.17. The van der Waals surface area contributed by atoms with Gasteiger partial charge in [0.2, 0.25) is 5.91 Å². The van der Waals surface area contributed by atoms with Gasteiger partial charge in [0, 0.05) is 17.0 Å². The normalized spacial score (nSPS) is 14.3. The minimum Gasteiger partial charge on any atom is -0.497 e. The van der Waals surface area contributed by atoms with Crippen molar-refractivity contribution in [2.75, 3.05) is 12.4 Å². The number of hydrogen-bond acceptors (Lipinski definition) is 5. The van der Waals surface area contributed by atoms with Crippen molar-refractivity contribution in [2.24, 2.45) is 0 Å². The van der Waals surface area contributed by atoms with E-state index in [4.69, 9.17) is 16.3 Å². The van der Waals surface area contributed by atoms with Gasteiger partial charge in [-0.25, -0.2) is 13.1 Å². The minimum atomic E-state index is -3.25. The van der Waals surface area contributed by atoms with Gasteiger partial charge in [-0.3, -0.25) is 4.79 Å². The summed E-state index contributed by atoms with van der Waals surface area (Å²) in [6.45, 7) is 0. The Balaban J connectivity index is 1.57. The van der Waals surface area contributed by atoms with Crippen molar-refractivity contribution in [3.05, 3.63) is 70.4 Å². The van der Waals surface area contributed by atoms with E-state index < -0.39 is 9.84 Å². The van der Waals surface area contributed by atoms with Crippen LogP contribution in [0.4, 0.5) is 5.82 Å². The number of aromatic nitrogens is 2. The maximum atomic E-state index is 12.7. The number of hydrogen-bond donors (Lipinski definition) is 1. The second-order valence-corrected chi connectivity index (χ2v) is 9.59. The summed E-state index contributed by atoms with van der Waals surface area (Å²) in [4.78, 5) is 12.7. The molecule has 0 bridgehead atoms. The minimum absolute atomic E-state index is 0.134. The smallest absolute Gasteiger partial charge is 0.225 e. The second-order valence-electron chi connectivity index (χ2n) is 7.09. The summed E-state index contributed by atoms with van der Waals surface area (Å²) >= 11 is 6.10. The zero-order valence-electron chi connectivity index (χ0n) is 16.3. The van der Waals surface area contributed by atoms with Crippen molar-refractivity contribution in [3.63, 3.8) is 0 Å². The van der Waals surface area contributed by atoms with Crippen LogP contribution >= 0.6 is 11.6 Å². The first-order valence-electron chi connectivity index (χ1n) is 9.34. The molecule has 0 atom stereocenters. The molecule has 0 fully saturated rings. The largest absolute Gasteiger partial charge is 0.497 e. The molecule has 4 rings (SSSR count). The van der Waals surface area contributed by atoms with Gasteiger partial charge < -0.3 is 10.1 Å². The number of amides is 1. The molecule has 0 spiro atoms. The van der Waals surface area contributed by atoms with Crippen molar-refractivity contribution in [1.29, 1.82) is 0 Å². The number of ether oxygens (including phenoxy) is 1. The Hall–Kier alpha value is -2.84. The number of halogens is 1. The number of carbonyl (C=O) groups is 1. The molecule has 7 nitrogen and oxygen atoms in total. The zero-order chi connectivity index (χ0) is 21.3. The number of rotatable bonds is 6. The van der Waals surface area contributed by atoms with Gasteiger partial charge in [0.1, 0.15) is 11.6 Å². The third-order valence-electron chi connectivity index (χ3n) is 4.90. The van der Waals surface area contributed by atoms with E-state index in [1.165, 1.54) is 0 Å². The van der Waals surface area contributed by atoms with Gasteiger partial charge in [0.05, 0.1) is 30.0 Å². The highest BCUT2D eigenvalue weighted by atomic mass is 35.5. The van der Waals surface area contributed by atoms with E-state index in [0.717, 1.165) is 11.3 Å². The fourth-order valence-corrected chi connectivity index (χ4v) is 5.09. The number of aryl methyl sites for hydroxylation is 1. The molecule has 156 valence electrons. The topological polar surface area (TPSA) is 90.3 Å². The van der Waals surface area contributed by atoms with Crippen LogP contribution in [0, 0.1) is 0 Å². The van der Waals surface area contributed by atoms with Crippen LogP contribution in [0.1, 0.15) is 23.2 Å². The molecule has 1 aromatic heterocycles. The van der Waals surface area contributed by atoms with Gasteiger partial charge >= 0.3 is 0 Å². The molecule has 3 aromatic rings. The highest BCUT2D eigenvalue weighted by Crippen LogP contribution is 2.33. The number of nitrogens with one attached hydrogen (secondary N) is 1. The molecule has 2 aromatic carbocycles. The summed E-state index contributed by atoms with van der Waals surface area (Å²) in [6.07, 6.45) is 0.788. The Kier molecular flexibility index (Phi) is 5.53. The van der Waals surface area contributed by atoms with Crippen LogP contribution < -0.4 is 10.1 Å². The van der Waals surface area contributed by atoms with E-state index >= 15 is 0 Å². The summed E-state index contributed by atoms with van der Waals surface area (Å²) in [5.74, 6) is 0.640. The molecule has 1 aliphatic rings. The monoisotopic (exact) mass is 445 g/mol. The first kappa shape index (κ1) is 20.4. The first-order valence-corrected chi connectivity index (χ1v) is 11.5. The lowest BCUT2D eigenvalue weighted by Gasteiger charge is -2.11. The van der Waals surface area contributed by atoms with Crippen molar-refractivity contribution in [3.8, 4) is 11.4 Å². The van der Waals surface area contributed by atoms with Crippen molar-refractivity contribution in [1.82, 2.24) is 9.78 Å². The number of sulfone groups is 1. The van der Waals surface area contributed by atoms with E-state index in [1.807, 2.05) is 24.3 Å². The van der Waals surface area contributed by atoms with E-state index in [-0.39, 0.29) is 23.8 Å². The Labute approximate surface area is 179 Å². The third-order valence-corrected chi connectivity index (χ3v) is 6.57. The maximum absolute atomic E-state index is 12.7. The molecule has 0 radical (unpaired) electrons. The summed E-state index contributed by atoms with van der Waals surface area (Å²) in [7, 11) is -1.65. The van der Waals surface area contributed by atoms with Gasteiger partial charge in [0.25, 0.3) is 0 Å². The number of anilines is 1. The average Bonchev–Trinajstić information content (AvgIpc) is 3.19. The highest BCUT2D eigenvalue weighted by molar-refractivity contribution is 7.90. The standard InChI is InChI=1S/C21H20ClN3O4S/c1-29-17-8-5-14(6-9-17)7-10-20(26)23-21-18-12-30(27,28)13-19(18)24-25(21)16-4-2-3-15(22)11-16/h2-6,8-9,11H,7,10,12-13H2,1H3,(H,23,26). The van der Waals surface area contributed by atoms with Crippen molar-refractivity contribution >= 4 is 33.2 Å². The van der Waals surface area contributed by atoms with E-state index in [2.05, 4.69) is 10.4 Å². The summed E-state index contributed by atoms with van der Waals surface area (Å²) in [5, 5.41) is 7.83. The molecular formula is C21H20ClN3O4S. The molecule has 1 amide bonds. The summed E-state index contributed by atoms with van der Waals surface area (Å²) in [5.41, 5.74) is 2.65. The second kappa shape index (κ2) is 8.12. The van der Waals surface area contributed by atoms with E-state index in [0.29, 0.717) is 34.2 Å². The molecule has 1 aliphatic heterocycles. The molecule has 30 heavy (non-hydrogen) atoms. The van der Waals surface area contributed by atoms with Crippen LogP contribution in [-0.4, -0.2) is 31.2 Å². The van der Waals surface area contributed by atoms with Crippen LogP contribution in [0.5, 0.6) is 5.75 Å². The highest BCUT2D eigenvalue weighted by Gasteiger charge is 2.33. The molecule has 9 heteroatoms. The first-order chi connectivity index (χ1) is 14.3. The van der Waals surface area contributed by atoms with Gasteiger partial charge in [-0.1, -0.05) is 29.8 Å². The summed E-state index contributed by atoms with van der Waals surface area (Å²) in [6, 6.07) is 14.5. The van der Waals surface area contributed by atoms with Gasteiger partial charge in [0.15, 0.2) is 9.84 Å². The quantitative estimate of drug-likeness (QED) is 0.626. The van der Waals surface area contributed by atoms with E-state index in [9.17, 15) is 13.2 Å². The molecule has 1 N–H and O–H groups in total. The number of benzene rings is 2. The zero-order valence-corrected chi connectivity index (χ0v) is 17.8. The Morgan fingerprint density at radius 3 is 2.67 bits per heavy atom. The van der Waals surface area contributed by atoms with Crippen LogP contribution in [0.25, 0.3) is 5.69 Å². The molecule has 0 unspecified atom stereocenters. The Morgan fingerprint density at radius 1 is 1.20 bits per heavy atom. The summed E-state index contributed by atoms with van der Waals surface area (Å²) < 4.78 is 30.8. The average molecular weight is 446 g/mol. The van der Waals surface area contributed by atoms with Gasteiger partial charge in [-0.2, -0.15) is 5.10 Å². The number of methoxy groups -OCH3 is 1. The Bertz CT molecular complexity index is 1200. The lowest BCUT2D eigenvalue weighted by atomic mass is 10.1. The van der Waals surface area contributed by atoms with Crippen LogP contribution in [-0.2, 0) is 32.6 Å². The third kappa shape index (κ3) is 4.34. The Morgan fingerprint density at radius 2 is 1.97 bits per heavy atom. The number of fused-ring (bicyclic) bond motifs is 1. The lowest BCUT2D eigenvalue weighted by molar-refractivity contribution is -0.116. The molecule has 0 aliphatic carbocycles. The van der Waals surface area contributed by atoms with E-state index in [1.54, 1.807) is 36.1 Å². The molecule has 0 saturated heterocycles. The molecular weight excluding hydrogens is 426 g/mol. The van der Waals surface area contributed by atoms with Crippen LogP contribution in [0.3, 0.4) is 0 Å². The predicted molar refractivity (Wildman–Crippen MR) is 115 cm³/mol. The van der Waals surface area contributed by atoms with Crippen LogP contribution in [0.15, 0.2) is 48.5 Å². The maximum Gasteiger partial charge on any atom is 0.225 e. The molecule has 0 saturated carbocycles. The van der Waals surface area contributed by atoms with Crippen molar-refractivity contribution in [2.45, 2.75) is 24.3 Å². The van der Waals surface area contributed by atoms with Gasteiger partial charge in [-0.05, 0) is 42.3 Å².